The highest BCUT2D eigenvalue weighted by Gasteiger charge is 2.38. The summed E-state index contributed by atoms with van der Waals surface area (Å²) in [7, 11) is 0. The number of carbonyl (C=O) groups excluding carboxylic acids is 1. The number of carboxylic acids is 1. The number of nitrogens with zero attached hydrogens (tertiary/aromatic N) is 2. The number of aliphatic carboxylic acids is 1. The van der Waals surface area contributed by atoms with Crippen LogP contribution in [0, 0.1) is 12.8 Å². The van der Waals surface area contributed by atoms with Crippen molar-refractivity contribution in [1.29, 1.82) is 0 Å². The zero-order valence-electron chi connectivity index (χ0n) is 15.9. The maximum absolute atomic E-state index is 12.7. The summed E-state index contributed by atoms with van der Waals surface area (Å²) in [4.78, 5) is 30.0. The number of hydrogen-bond acceptors (Lipinski definition) is 5. The van der Waals surface area contributed by atoms with Crippen molar-refractivity contribution in [2.24, 2.45) is 5.92 Å². The first-order chi connectivity index (χ1) is 13.5. The van der Waals surface area contributed by atoms with E-state index in [0.29, 0.717) is 11.7 Å². The van der Waals surface area contributed by atoms with E-state index in [2.05, 4.69) is 15.2 Å². The number of carbonyl (C=O) groups is 2. The van der Waals surface area contributed by atoms with Gasteiger partial charge in [-0.2, -0.15) is 0 Å². The van der Waals surface area contributed by atoms with Gasteiger partial charge in [0, 0.05) is 24.2 Å². The molecule has 1 amide bonds. The zero-order valence-corrected chi connectivity index (χ0v) is 15.9. The molecule has 0 atom stereocenters. The van der Waals surface area contributed by atoms with E-state index in [0.717, 1.165) is 30.5 Å². The quantitative estimate of drug-likeness (QED) is 0.728. The Bertz CT molecular complexity index is 851. The number of hydrogen-bond donors (Lipinski definition) is 2. The fourth-order valence-electron chi connectivity index (χ4n) is 3.72. The van der Waals surface area contributed by atoms with Crippen LogP contribution in [0.3, 0.4) is 0 Å². The number of benzene rings is 1. The van der Waals surface area contributed by atoms with Crippen LogP contribution in [0.2, 0.25) is 0 Å². The molecule has 1 aromatic carbocycles. The summed E-state index contributed by atoms with van der Waals surface area (Å²) in [6, 6.07) is 8.01. The van der Waals surface area contributed by atoms with Gasteiger partial charge in [-0.05, 0) is 38.5 Å². The minimum Gasteiger partial charge on any atom is -0.480 e. The van der Waals surface area contributed by atoms with Crippen molar-refractivity contribution in [2.75, 3.05) is 13.1 Å². The van der Waals surface area contributed by atoms with Crippen LogP contribution in [0.25, 0.3) is 11.3 Å². The molecule has 2 aromatic rings. The number of aryl methyl sites for hydroxylation is 1. The Balaban J connectivity index is 1.35. The Morgan fingerprint density at radius 3 is 2.61 bits per heavy atom. The summed E-state index contributed by atoms with van der Waals surface area (Å²) in [6.45, 7) is 2.92. The van der Waals surface area contributed by atoms with Crippen LogP contribution in [-0.4, -0.2) is 52.0 Å². The van der Waals surface area contributed by atoms with Crippen LogP contribution in [-0.2, 0) is 4.79 Å². The molecule has 2 aliphatic carbocycles. The lowest BCUT2D eigenvalue weighted by Gasteiger charge is -2.42. The second-order valence-corrected chi connectivity index (χ2v) is 7.96. The van der Waals surface area contributed by atoms with Gasteiger partial charge in [-0.1, -0.05) is 29.8 Å². The molecule has 4 rings (SSSR count). The minimum absolute atomic E-state index is 0.0376. The number of amides is 1. The third-order valence-corrected chi connectivity index (χ3v) is 5.59. The van der Waals surface area contributed by atoms with Gasteiger partial charge in [0.25, 0.3) is 5.91 Å². The monoisotopic (exact) mass is 383 g/mol. The highest BCUT2D eigenvalue weighted by molar-refractivity contribution is 5.97. The summed E-state index contributed by atoms with van der Waals surface area (Å²) in [6.07, 6.45) is 5.21. The number of nitrogens with one attached hydrogen (secondary N) is 1. The Hall–Kier alpha value is -2.67. The lowest BCUT2D eigenvalue weighted by molar-refractivity contribution is -0.139. The van der Waals surface area contributed by atoms with E-state index in [-0.39, 0.29) is 30.2 Å². The minimum atomic E-state index is -0.793. The molecule has 148 valence electrons. The molecule has 0 unspecified atom stereocenters. The average molecular weight is 383 g/mol. The number of oxazole rings is 1. The van der Waals surface area contributed by atoms with Crippen molar-refractivity contribution in [3.8, 4) is 11.3 Å². The Morgan fingerprint density at radius 2 is 1.96 bits per heavy atom. The predicted molar refractivity (Wildman–Crippen MR) is 103 cm³/mol. The average Bonchev–Trinajstić information content (AvgIpc) is 3.29. The Kier molecular flexibility index (Phi) is 5.17. The molecule has 0 radical (unpaired) electrons. The number of aromatic nitrogens is 1. The molecule has 7 heteroatoms. The van der Waals surface area contributed by atoms with E-state index in [4.69, 9.17) is 9.52 Å². The summed E-state index contributed by atoms with van der Waals surface area (Å²) < 4.78 is 5.45. The molecular weight excluding hydrogens is 358 g/mol. The van der Waals surface area contributed by atoms with Gasteiger partial charge in [-0.15, -0.1) is 0 Å². The predicted octanol–water partition coefficient (Wildman–Crippen LogP) is 2.71. The number of rotatable bonds is 8. The lowest BCUT2D eigenvalue weighted by atomic mass is 9.85. The molecule has 1 aromatic heterocycles. The first kappa shape index (κ1) is 18.7. The Morgan fingerprint density at radius 1 is 1.25 bits per heavy atom. The summed E-state index contributed by atoms with van der Waals surface area (Å²) in [5.41, 5.74) is 2.23. The van der Waals surface area contributed by atoms with E-state index in [1.807, 2.05) is 31.2 Å². The zero-order chi connectivity index (χ0) is 19.7. The van der Waals surface area contributed by atoms with Gasteiger partial charge in [-0.3, -0.25) is 14.5 Å². The molecule has 1 heterocycles. The van der Waals surface area contributed by atoms with E-state index in [1.54, 1.807) is 0 Å². The van der Waals surface area contributed by atoms with Crippen LogP contribution in [0.15, 0.2) is 35.1 Å². The van der Waals surface area contributed by atoms with Gasteiger partial charge in [-0.25, -0.2) is 4.98 Å². The van der Waals surface area contributed by atoms with Crippen LogP contribution >= 0.6 is 0 Å². The fourth-order valence-corrected chi connectivity index (χ4v) is 3.72. The molecule has 2 saturated carbocycles. The van der Waals surface area contributed by atoms with Crippen molar-refractivity contribution in [3.05, 3.63) is 41.9 Å². The third kappa shape index (κ3) is 4.25. The van der Waals surface area contributed by atoms with Crippen molar-refractivity contribution >= 4 is 11.9 Å². The smallest absolute Gasteiger partial charge is 0.317 e. The highest BCUT2D eigenvalue weighted by Crippen LogP contribution is 2.34. The molecule has 2 N–H and O–H groups in total. The van der Waals surface area contributed by atoms with E-state index in [1.165, 1.54) is 19.2 Å². The molecule has 7 nitrogen and oxygen atoms in total. The molecule has 0 spiro atoms. The Labute approximate surface area is 163 Å². The first-order valence-corrected chi connectivity index (χ1v) is 9.77. The summed E-state index contributed by atoms with van der Waals surface area (Å²) >= 11 is 0. The van der Waals surface area contributed by atoms with Crippen LogP contribution in [0.4, 0.5) is 0 Å². The van der Waals surface area contributed by atoms with Crippen molar-refractivity contribution in [3.63, 3.8) is 0 Å². The van der Waals surface area contributed by atoms with E-state index < -0.39 is 5.97 Å². The second kappa shape index (κ2) is 7.75. The van der Waals surface area contributed by atoms with Gasteiger partial charge in [0.2, 0.25) is 0 Å². The lowest BCUT2D eigenvalue weighted by Crippen LogP contribution is -2.55. The largest absolute Gasteiger partial charge is 0.480 e. The van der Waals surface area contributed by atoms with Crippen LogP contribution in [0.5, 0.6) is 0 Å². The third-order valence-electron chi connectivity index (χ3n) is 5.59. The fraction of sp³-hybridized carbons (Fsp3) is 0.476. The molecule has 2 aliphatic rings. The molecule has 2 fully saturated rings. The molecule has 28 heavy (non-hydrogen) atoms. The van der Waals surface area contributed by atoms with Gasteiger partial charge >= 0.3 is 5.97 Å². The molecule has 0 bridgehead atoms. The molecule has 0 aliphatic heterocycles. The maximum atomic E-state index is 12.7. The van der Waals surface area contributed by atoms with Crippen molar-refractivity contribution < 1.29 is 19.1 Å². The van der Waals surface area contributed by atoms with Crippen molar-refractivity contribution in [2.45, 2.75) is 44.7 Å². The number of carboxylic acid groups (broad SMARTS) is 1. The van der Waals surface area contributed by atoms with Gasteiger partial charge in [0.05, 0.1) is 6.54 Å². The SMILES string of the molecule is Cc1ccc(-c2ocnc2C(=O)NC2CC(N(CC(=O)O)CC3CC3)C2)cc1. The van der Waals surface area contributed by atoms with E-state index in [9.17, 15) is 9.59 Å². The van der Waals surface area contributed by atoms with Gasteiger partial charge in [0.15, 0.2) is 17.8 Å². The first-order valence-electron chi connectivity index (χ1n) is 9.77. The molecule has 0 saturated heterocycles. The summed E-state index contributed by atoms with van der Waals surface area (Å²) in [5, 5.41) is 12.2. The van der Waals surface area contributed by atoms with Gasteiger partial charge in [0.1, 0.15) is 0 Å². The van der Waals surface area contributed by atoms with Crippen molar-refractivity contribution in [1.82, 2.24) is 15.2 Å². The maximum Gasteiger partial charge on any atom is 0.317 e. The van der Waals surface area contributed by atoms with Crippen LogP contribution < -0.4 is 5.32 Å². The molecular formula is C21H25N3O4. The highest BCUT2D eigenvalue weighted by atomic mass is 16.4. The normalized spacial score (nSPS) is 21.4. The standard InChI is InChI=1S/C21H25N3O4/c1-13-2-6-15(7-3-13)20-19(22-12-28-20)21(27)23-16-8-17(9-16)24(11-18(25)26)10-14-4-5-14/h2-3,6-7,12,14,16-17H,4-5,8-11H2,1H3,(H,23,27)(H,25,26). The summed E-state index contributed by atoms with van der Waals surface area (Å²) in [5.74, 6) is 0.0630. The van der Waals surface area contributed by atoms with Gasteiger partial charge < -0.3 is 14.8 Å². The van der Waals surface area contributed by atoms with E-state index >= 15 is 0 Å². The topological polar surface area (TPSA) is 95.7 Å². The van der Waals surface area contributed by atoms with Crippen LogP contribution in [0.1, 0.15) is 41.7 Å². The second-order valence-electron chi connectivity index (χ2n) is 7.96.